The van der Waals surface area contributed by atoms with Crippen LogP contribution >= 0.6 is 0 Å². The van der Waals surface area contributed by atoms with E-state index in [1.54, 1.807) is 36.7 Å². The third kappa shape index (κ3) is 4.64. The largest absolute Gasteiger partial charge is 0.445 e. The van der Waals surface area contributed by atoms with E-state index in [4.69, 9.17) is 4.42 Å². The molecule has 37 heavy (non-hydrogen) atoms. The number of benzene rings is 2. The molecule has 0 bridgehead atoms. The summed E-state index contributed by atoms with van der Waals surface area (Å²) >= 11 is 0. The summed E-state index contributed by atoms with van der Waals surface area (Å²) in [4.78, 5) is 11.1. The Hall–Kier alpha value is -3.57. The zero-order chi connectivity index (χ0) is 25.4. The Bertz CT molecular complexity index is 1500. The van der Waals surface area contributed by atoms with Gasteiger partial charge < -0.3 is 19.7 Å². The van der Waals surface area contributed by atoms with Crippen LogP contribution in [0.4, 0.5) is 5.69 Å². The average Bonchev–Trinajstić information content (AvgIpc) is 3.64. The summed E-state index contributed by atoms with van der Waals surface area (Å²) < 4.78 is 33.4. The molecule has 1 fully saturated rings. The number of fused-ring (bicyclic) bond motifs is 1. The first-order valence-electron chi connectivity index (χ1n) is 12.2. The van der Waals surface area contributed by atoms with Crippen LogP contribution in [-0.2, 0) is 23.1 Å². The molecule has 4 heterocycles. The number of piperazine rings is 1. The van der Waals surface area contributed by atoms with E-state index >= 15 is 0 Å². The quantitative estimate of drug-likeness (QED) is 0.402. The van der Waals surface area contributed by atoms with Gasteiger partial charge in [-0.25, -0.2) is 13.4 Å². The van der Waals surface area contributed by atoms with Crippen LogP contribution in [0, 0.1) is 0 Å². The van der Waals surface area contributed by atoms with Gasteiger partial charge >= 0.3 is 0 Å². The highest BCUT2D eigenvalue weighted by atomic mass is 32.2. The van der Waals surface area contributed by atoms with Gasteiger partial charge in [0.2, 0.25) is 15.9 Å². The summed E-state index contributed by atoms with van der Waals surface area (Å²) in [6.45, 7) is 4.17. The second-order valence-corrected chi connectivity index (χ2v) is 11.2. The van der Waals surface area contributed by atoms with Gasteiger partial charge in [-0.3, -0.25) is 4.98 Å². The van der Waals surface area contributed by atoms with Crippen molar-refractivity contribution in [2.24, 2.45) is 0 Å². The molecule has 9 nitrogen and oxygen atoms in total. The molecule has 2 aliphatic rings. The van der Waals surface area contributed by atoms with E-state index in [9.17, 15) is 13.5 Å². The van der Waals surface area contributed by atoms with Crippen LogP contribution < -0.4 is 10.2 Å². The van der Waals surface area contributed by atoms with Crippen LogP contribution in [-0.4, -0.2) is 54.0 Å². The number of rotatable bonds is 6. The Labute approximate surface area is 215 Å². The summed E-state index contributed by atoms with van der Waals surface area (Å²) in [6.07, 6.45) is 3.80. The molecule has 1 atom stereocenters. The van der Waals surface area contributed by atoms with Gasteiger partial charge in [0.25, 0.3) is 0 Å². The predicted molar refractivity (Wildman–Crippen MR) is 138 cm³/mol. The van der Waals surface area contributed by atoms with Crippen LogP contribution in [0.15, 0.2) is 82.6 Å². The van der Waals surface area contributed by atoms with E-state index in [1.165, 1.54) is 10.6 Å². The second-order valence-electron chi connectivity index (χ2n) is 9.25. The molecule has 2 aromatic heterocycles. The molecule has 0 radical (unpaired) electrons. The molecule has 190 valence electrons. The van der Waals surface area contributed by atoms with Crippen molar-refractivity contribution in [1.82, 2.24) is 19.6 Å². The number of hydrogen-bond donors (Lipinski definition) is 2. The summed E-state index contributed by atoms with van der Waals surface area (Å²) in [7, 11) is -3.71. The van der Waals surface area contributed by atoms with Gasteiger partial charge in [-0.05, 0) is 59.2 Å². The SMILES string of the molecule is O=S(=O)(c1ccc(-c2ncco2)cc1)N1Cc2cnc([C@@H](O)c3cccc(N4CCNCC4)c3)cc2C1. The number of aromatic nitrogens is 2. The highest BCUT2D eigenvalue weighted by Crippen LogP contribution is 2.32. The molecular weight excluding hydrogens is 490 g/mol. The predicted octanol–water partition coefficient (Wildman–Crippen LogP) is 2.93. The minimum atomic E-state index is -3.71. The molecule has 10 heteroatoms. The number of aliphatic hydroxyl groups excluding tert-OH is 1. The Morgan fingerprint density at radius 1 is 0.973 bits per heavy atom. The van der Waals surface area contributed by atoms with Gasteiger partial charge in [-0.2, -0.15) is 4.31 Å². The Kier molecular flexibility index (Phi) is 6.25. The summed E-state index contributed by atoms with van der Waals surface area (Å²) in [5, 5.41) is 14.5. The fourth-order valence-corrected chi connectivity index (χ4v) is 6.25. The number of nitrogens with one attached hydrogen (secondary N) is 1. The van der Waals surface area contributed by atoms with Crippen LogP contribution in [0.2, 0.25) is 0 Å². The Balaban J connectivity index is 1.19. The fourth-order valence-electron chi connectivity index (χ4n) is 4.86. The third-order valence-corrected chi connectivity index (χ3v) is 8.72. The maximum Gasteiger partial charge on any atom is 0.243 e. The van der Waals surface area contributed by atoms with Gasteiger partial charge in [0.15, 0.2) is 0 Å². The zero-order valence-electron chi connectivity index (χ0n) is 20.1. The molecule has 2 aromatic carbocycles. The zero-order valence-corrected chi connectivity index (χ0v) is 20.9. The lowest BCUT2D eigenvalue weighted by Gasteiger charge is -2.30. The number of sulfonamides is 1. The van der Waals surface area contributed by atoms with Crippen molar-refractivity contribution in [1.29, 1.82) is 0 Å². The van der Waals surface area contributed by atoms with Crippen molar-refractivity contribution in [3.05, 3.63) is 95.6 Å². The van der Waals surface area contributed by atoms with Gasteiger partial charge in [0, 0.05) is 56.7 Å². The molecule has 4 aromatic rings. The van der Waals surface area contributed by atoms with E-state index in [-0.39, 0.29) is 18.0 Å². The topological polar surface area (TPSA) is 112 Å². The first kappa shape index (κ1) is 23.8. The van der Waals surface area contributed by atoms with Crippen molar-refractivity contribution in [3.63, 3.8) is 0 Å². The standard InChI is InChI=1S/C27H27N5O4S/c33-26(20-2-1-3-23(14-20)31-11-8-28-9-12-31)25-15-21-17-32(18-22(21)16-30-25)37(34,35)24-6-4-19(5-7-24)27-29-10-13-36-27/h1-7,10,13-16,26,28,33H,8-9,11-12,17-18H2/t26-/m0/s1. The summed E-state index contributed by atoms with van der Waals surface area (Å²) in [6, 6.07) is 16.2. The van der Waals surface area contributed by atoms with Crippen molar-refractivity contribution in [3.8, 4) is 11.5 Å². The lowest BCUT2D eigenvalue weighted by Crippen LogP contribution is -2.43. The minimum absolute atomic E-state index is 0.202. The lowest BCUT2D eigenvalue weighted by molar-refractivity contribution is 0.215. The lowest BCUT2D eigenvalue weighted by atomic mass is 10.0. The highest BCUT2D eigenvalue weighted by molar-refractivity contribution is 7.89. The van der Waals surface area contributed by atoms with E-state index in [1.807, 2.05) is 24.3 Å². The van der Waals surface area contributed by atoms with Crippen molar-refractivity contribution in [2.75, 3.05) is 31.1 Å². The van der Waals surface area contributed by atoms with Crippen molar-refractivity contribution in [2.45, 2.75) is 24.1 Å². The number of oxazole rings is 1. The third-order valence-electron chi connectivity index (χ3n) is 6.92. The van der Waals surface area contributed by atoms with Gasteiger partial charge in [-0.1, -0.05) is 12.1 Å². The van der Waals surface area contributed by atoms with E-state index in [0.717, 1.165) is 48.6 Å². The van der Waals surface area contributed by atoms with Crippen molar-refractivity contribution < 1.29 is 17.9 Å². The second kappa shape index (κ2) is 9.71. The summed E-state index contributed by atoms with van der Waals surface area (Å²) in [5.74, 6) is 0.438. The average molecular weight is 518 g/mol. The Morgan fingerprint density at radius 2 is 1.76 bits per heavy atom. The number of pyridine rings is 1. The highest BCUT2D eigenvalue weighted by Gasteiger charge is 2.31. The van der Waals surface area contributed by atoms with E-state index in [2.05, 4.69) is 26.3 Å². The first-order valence-corrected chi connectivity index (χ1v) is 13.6. The van der Waals surface area contributed by atoms with E-state index in [0.29, 0.717) is 17.1 Å². The molecule has 0 saturated carbocycles. The maximum atomic E-state index is 13.3. The van der Waals surface area contributed by atoms with Crippen LogP contribution in [0.5, 0.6) is 0 Å². The molecule has 2 N–H and O–H groups in total. The maximum absolute atomic E-state index is 13.3. The first-order chi connectivity index (χ1) is 18.0. The molecule has 2 aliphatic heterocycles. The van der Waals surface area contributed by atoms with Crippen LogP contribution in [0.3, 0.4) is 0 Å². The van der Waals surface area contributed by atoms with Gasteiger partial charge in [0.05, 0.1) is 16.8 Å². The summed E-state index contributed by atoms with van der Waals surface area (Å²) in [5.41, 5.74) is 4.73. The number of aliphatic hydroxyl groups is 1. The smallest absolute Gasteiger partial charge is 0.243 e. The van der Waals surface area contributed by atoms with Crippen LogP contribution in [0.25, 0.3) is 11.5 Å². The number of nitrogens with zero attached hydrogens (tertiary/aromatic N) is 4. The normalized spacial score (nSPS) is 17.1. The monoisotopic (exact) mass is 517 g/mol. The molecule has 0 amide bonds. The number of anilines is 1. The van der Waals surface area contributed by atoms with Gasteiger partial charge in [0.1, 0.15) is 12.4 Å². The van der Waals surface area contributed by atoms with Crippen molar-refractivity contribution >= 4 is 15.7 Å². The molecule has 0 unspecified atom stereocenters. The van der Waals surface area contributed by atoms with Crippen LogP contribution in [0.1, 0.15) is 28.5 Å². The fraction of sp³-hybridized carbons (Fsp3) is 0.259. The number of hydrogen-bond acceptors (Lipinski definition) is 8. The minimum Gasteiger partial charge on any atom is -0.445 e. The van der Waals surface area contributed by atoms with E-state index < -0.39 is 16.1 Å². The molecule has 0 spiro atoms. The van der Waals surface area contributed by atoms with Gasteiger partial charge in [-0.15, -0.1) is 0 Å². The molecular formula is C27H27N5O4S. The molecule has 0 aliphatic carbocycles. The Morgan fingerprint density at radius 3 is 2.51 bits per heavy atom. The molecule has 6 rings (SSSR count). The molecule has 1 saturated heterocycles.